The van der Waals surface area contributed by atoms with Gasteiger partial charge >= 0.3 is 5.97 Å². The van der Waals surface area contributed by atoms with E-state index in [4.69, 9.17) is 9.84 Å². The number of carbonyl (C=O) groups is 1. The highest BCUT2D eigenvalue weighted by Gasteiger charge is 2.18. The summed E-state index contributed by atoms with van der Waals surface area (Å²) in [7, 11) is 1.67. The number of ether oxygens (including phenoxy) is 1. The Morgan fingerprint density at radius 2 is 2.28 bits per heavy atom. The molecule has 0 radical (unpaired) electrons. The maximum atomic E-state index is 10.8. The maximum absolute atomic E-state index is 10.8. The monoisotopic (exact) mass is 253 g/mol. The molecule has 1 aromatic heterocycles. The standard InChI is InChI=1S/C12H19N3O3/c1-12(2,5-7-18-3)8-14-11-13-6-4-9(15-11)10(16)17/h4,6H,5,7-8H2,1-3H3,(H,16,17)(H,13,14,15). The summed E-state index contributed by atoms with van der Waals surface area (Å²) in [6.07, 6.45) is 2.33. The first-order valence-corrected chi connectivity index (χ1v) is 5.74. The fourth-order valence-electron chi connectivity index (χ4n) is 1.35. The van der Waals surface area contributed by atoms with Crippen molar-refractivity contribution in [2.24, 2.45) is 5.41 Å². The van der Waals surface area contributed by atoms with Crippen LogP contribution in [0.15, 0.2) is 12.3 Å². The lowest BCUT2D eigenvalue weighted by atomic mass is 9.90. The number of carboxylic acids is 1. The van der Waals surface area contributed by atoms with Crippen LogP contribution in [0.3, 0.4) is 0 Å². The third kappa shape index (κ3) is 4.67. The Morgan fingerprint density at radius 1 is 1.56 bits per heavy atom. The summed E-state index contributed by atoms with van der Waals surface area (Å²) in [6.45, 7) is 5.53. The molecule has 0 saturated carbocycles. The van der Waals surface area contributed by atoms with Crippen LogP contribution >= 0.6 is 0 Å². The normalized spacial score (nSPS) is 11.3. The van der Waals surface area contributed by atoms with Crippen molar-refractivity contribution in [3.8, 4) is 0 Å². The van der Waals surface area contributed by atoms with Gasteiger partial charge in [0.2, 0.25) is 5.95 Å². The summed E-state index contributed by atoms with van der Waals surface area (Å²) in [6, 6.07) is 1.36. The Hall–Kier alpha value is -1.69. The van der Waals surface area contributed by atoms with E-state index in [1.807, 2.05) is 0 Å². The molecule has 0 unspecified atom stereocenters. The molecule has 1 aromatic rings. The van der Waals surface area contributed by atoms with Gasteiger partial charge < -0.3 is 15.2 Å². The van der Waals surface area contributed by atoms with Gasteiger partial charge in [-0.15, -0.1) is 0 Å². The van der Waals surface area contributed by atoms with Gasteiger partial charge in [0.05, 0.1) is 0 Å². The van der Waals surface area contributed by atoms with Crippen molar-refractivity contribution in [2.75, 3.05) is 25.6 Å². The molecule has 0 aromatic carbocycles. The molecule has 2 N–H and O–H groups in total. The summed E-state index contributed by atoms with van der Waals surface area (Å²) in [5.74, 6) is -0.723. The van der Waals surface area contributed by atoms with Gasteiger partial charge in [0.1, 0.15) is 0 Å². The largest absolute Gasteiger partial charge is 0.477 e. The Morgan fingerprint density at radius 3 is 2.89 bits per heavy atom. The number of anilines is 1. The lowest BCUT2D eigenvalue weighted by Gasteiger charge is -2.24. The van der Waals surface area contributed by atoms with Gasteiger partial charge in [0.25, 0.3) is 0 Å². The average Bonchev–Trinajstić information content (AvgIpc) is 2.34. The molecule has 0 saturated heterocycles. The Balaban J connectivity index is 2.57. The van der Waals surface area contributed by atoms with Crippen LogP contribution in [0.1, 0.15) is 30.8 Å². The Bertz CT molecular complexity index is 407. The first-order chi connectivity index (χ1) is 8.44. The van der Waals surface area contributed by atoms with E-state index in [-0.39, 0.29) is 11.1 Å². The number of nitrogens with zero attached hydrogens (tertiary/aromatic N) is 2. The molecule has 0 bridgehead atoms. The van der Waals surface area contributed by atoms with E-state index in [9.17, 15) is 4.79 Å². The van der Waals surface area contributed by atoms with Crippen molar-refractivity contribution in [3.63, 3.8) is 0 Å². The number of aromatic carboxylic acids is 1. The van der Waals surface area contributed by atoms with Gasteiger partial charge in [0, 0.05) is 26.5 Å². The van der Waals surface area contributed by atoms with Crippen molar-refractivity contribution in [3.05, 3.63) is 18.0 Å². The lowest BCUT2D eigenvalue weighted by Crippen LogP contribution is -2.25. The van der Waals surface area contributed by atoms with E-state index in [1.54, 1.807) is 7.11 Å². The molecule has 0 aliphatic heterocycles. The minimum absolute atomic E-state index is 0.0119. The fourth-order valence-corrected chi connectivity index (χ4v) is 1.35. The SMILES string of the molecule is COCCC(C)(C)CNc1nccc(C(=O)O)n1. The first-order valence-electron chi connectivity index (χ1n) is 5.74. The number of hydrogen-bond acceptors (Lipinski definition) is 5. The quantitative estimate of drug-likeness (QED) is 0.768. The number of methoxy groups -OCH3 is 1. The van der Waals surface area contributed by atoms with Gasteiger partial charge in [-0.1, -0.05) is 13.8 Å². The van der Waals surface area contributed by atoms with E-state index in [0.717, 1.165) is 6.42 Å². The van der Waals surface area contributed by atoms with Crippen LogP contribution in [0.5, 0.6) is 0 Å². The van der Waals surface area contributed by atoms with Gasteiger partial charge in [-0.25, -0.2) is 14.8 Å². The summed E-state index contributed by atoms with van der Waals surface area (Å²) in [5, 5.41) is 11.9. The minimum atomic E-state index is -1.06. The molecule has 100 valence electrons. The van der Waals surface area contributed by atoms with Crippen LogP contribution in [-0.2, 0) is 4.74 Å². The van der Waals surface area contributed by atoms with Gasteiger partial charge in [-0.3, -0.25) is 0 Å². The minimum Gasteiger partial charge on any atom is -0.477 e. The van der Waals surface area contributed by atoms with Crippen LogP contribution in [0, 0.1) is 5.41 Å². The second-order valence-electron chi connectivity index (χ2n) is 4.83. The maximum Gasteiger partial charge on any atom is 0.354 e. The zero-order valence-electron chi connectivity index (χ0n) is 10.9. The molecule has 1 heterocycles. The summed E-state index contributed by atoms with van der Waals surface area (Å²) in [4.78, 5) is 18.7. The molecule has 1 rings (SSSR count). The number of rotatable bonds is 7. The van der Waals surface area contributed by atoms with E-state index in [1.165, 1.54) is 12.3 Å². The molecular weight excluding hydrogens is 234 g/mol. The number of carboxylic acid groups (broad SMARTS) is 1. The lowest BCUT2D eigenvalue weighted by molar-refractivity contribution is 0.0690. The molecule has 0 amide bonds. The van der Waals surface area contributed by atoms with E-state index >= 15 is 0 Å². The van der Waals surface area contributed by atoms with E-state index < -0.39 is 5.97 Å². The van der Waals surface area contributed by atoms with E-state index in [2.05, 4.69) is 29.1 Å². The summed E-state index contributed by atoms with van der Waals surface area (Å²) < 4.78 is 5.04. The van der Waals surface area contributed by atoms with Crippen LogP contribution < -0.4 is 5.32 Å². The van der Waals surface area contributed by atoms with Crippen molar-refractivity contribution >= 4 is 11.9 Å². The molecule has 0 atom stereocenters. The predicted molar refractivity (Wildman–Crippen MR) is 67.8 cm³/mol. The summed E-state index contributed by atoms with van der Waals surface area (Å²) in [5.41, 5.74) is 0.0145. The molecule has 0 aliphatic carbocycles. The molecular formula is C12H19N3O3. The highest BCUT2D eigenvalue weighted by atomic mass is 16.5. The highest BCUT2D eigenvalue weighted by Crippen LogP contribution is 2.20. The Labute approximate surface area is 106 Å². The number of hydrogen-bond donors (Lipinski definition) is 2. The van der Waals surface area contributed by atoms with Gasteiger partial charge in [-0.05, 0) is 17.9 Å². The van der Waals surface area contributed by atoms with E-state index in [0.29, 0.717) is 19.1 Å². The van der Waals surface area contributed by atoms with Crippen LogP contribution in [-0.4, -0.2) is 41.3 Å². The topological polar surface area (TPSA) is 84.3 Å². The number of aromatic nitrogens is 2. The molecule has 18 heavy (non-hydrogen) atoms. The third-order valence-electron chi connectivity index (χ3n) is 2.58. The second kappa shape index (κ2) is 6.30. The fraction of sp³-hybridized carbons (Fsp3) is 0.583. The predicted octanol–water partition coefficient (Wildman–Crippen LogP) is 1.65. The van der Waals surface area contributed by atoms with Crippen molar-refractivity contribution < 1.29 is 14.6 Å². The third-order valence-corrected chi connectivity index (χ3v) is 2.58. The van der Waals surface area contributed by atoms with Crippen molar-refractivity contribution in [2.45, 2.75) is 20.3 Å². The van der Waals surface area contributed by atoms with Gasteiger partial charge in [0.15, 0.2) is 5.69 Å². The molecule has 0 aliphatic rings. The summed E-state index contributed by atoms with van der Waals surface area (Å²) >= 11 is 0. The molecule has 0 fully saturated rings. The zero-order valence-corrected chi connectivity index (χ0v) is 10.9. The Kier molecular flexibility index (Phi) is 5.03. The highest BCUT2D eigenvalue weighted by molar-refractivity contribution is 5.85. The molecule has 0 spiro atoms. The second-order valence-corrected chi connectivity index (χ2v) is 4.83. The number of nitrogens with one attached hydrogen (secondary N) is 1. The first kappa shape index (κ1) is 14.4. The zero-order chi connectivity index (χ0) is 13.6. The van der Waals surface area contributed by atoms with Crippen molar-refractivity contribution in [1.29, 1.82) is 0 Å². The smallest absolute Gasteiger partial charge is 0.354 e. The average molecular weight is 253 g/mol. The van der Waals surface area contributed by atoms with Gasteiger partial charge in [-0.2, -0.15) is 0 Å². The van der Waals surface area contributed by atoms with Crippen LogP contribution in [0.25, 0.3) is 0 Å². The molecule has 6 nitrogen and oxygen atoms in total. The van der Waals surface area contributed by atoms with Crippen LogP contribution in [0.2, 0.25) is 0 Å². The molecule has 6 heteroatoms. The van der Waals surface area contributed by atoms with Crippen LogP contribution in [0.4, 0.5) is 5.95 Å². The van der Waals surface area contributed by atoms with Crippen molar-refractivity contribution in [1.82, 2.24) is 9.97 Å².